The molecule has 3 rings (SSSR count). The van der Waals surface area contributed by atoms with E-state index >= 15 is 0 Å². The zero-order valence-corrected chi connectivity index (χ0v) is 17.0. The van der Waals surface area contributed by atoms with E-state index in [9.17, 15) is 4.79 Å². The summed E-state index contributed by atoms with van der Waals surface area (Å²) < 4.78 is 12.5. The first-order valence-corrected chi connectivity index (χ1v) is 9.26. The number of ether oxygens (including phenoxy) is 2. The molecule has 0 aliphatic carbocycles. The van der Waals surface area contributed by atoms with Gasteiger partial charge in [0.1, 0.15) is 18.2 Å². The SMILES string of the molecule is COCCOc1cc(C(=O)Nc2cnc(C(C)(C)C)nc2)cc(-n2ccnc2)c1. The number of carbonyl (C=O) groups excluding carboxylic acids is 1. The standard InChI is InChI=1S/C21H25N5O3/c1-21(2,3)20-23-12-16(13-24-20)25-19(27)15-9-17(26-6-5-22-14-26)11-18(10-15)29-8-7-28-4/h5-6,9-14H,7-8H2,1-4H3,(H,25,27). The first-order chi connectivity index (χ1) is 13.9. The van der Waals surface area contributed by atoms with Gasteiger partial charge in [0.15, 0.2) is 0 Å². The molecule has 0 saturated heterocycles. The maximum absolute atomic E-state index is 12.8. The largest absolute Gasteiger partial charge is 0.491 e. The second-order valence-corrected chi connectivity index (χ2v) is 7.53. The van der Waals surface area contributed by atoms with E-state index in [0.717, 1.165) is 5.69 Å². The molecule has 0 spiro atoms. The summed E-state index contributed by atoms with van der Waals surface area (Å²) in [6, 6.07) is 5.30. The molecule has 8 nitrogen and oxygen atoms in total. The van der Waals surface area contributed by atoms with Crippen LogP contribution in [-0.4, -0.2) is 45.7 Å². The number of anilines is 1. The quantitative estimate of drug-likeness (QED) is 0.618. The fraction of sp³-hybridized carbons (Fsp3) is 0.333. The molecule has 8 heteroatoms. The second-order valence-electron chi connectivity index (χ2n) is 7.53. The van der Waals surface area contributed by atoms with Gasteiger partial charge in [0.2, 0.25) is 0 Å². The number of methoxy groups -OCH3 is 1. The molecule has 152 valence electrons. The summed E-state index contributed by atoms with van der Waals surface area (Å²) in [6.45, 7) is 6.94. The second kappa shape index (κ2) is 8.83. The van der Waals surface area contributed by atoms with Gasteiger partial charge in [0, 0.05) is 36.5 Å². The smallest absolute Gasteiger partial charge is 0.255 e. The van der Waals surface area contributed by atoms with Crippen LogP contribution in [0.15, 0.2) is 49.3 Å². The Labute approximate surface area is 169 Å². The van der Waals surface area contributed by atoms with E-state index in [4.69, 9.17) is 9.47 Å². The van der Waals surface area contributed by atoms with Gasteiger partial charge in [-0.05, 0) is 12.1 Å². The van der Waals surface area contributed by atoms with Gasteiger partial charge in [-0.1, -0.05) is 20.8 Å². The van der Waals surface area contributed by atoms with Crippen molar-refractivity contribution in [3.63, 3.8) is 0 Å². The van der Waals surface area contributed by atoms with Crippen molar-refractivity contribution in [3.8, 4) is 11.4 Å². The summed E-state index contributed by atoms with van der Waals surface area (Å²) in [6.07, 6.45) is 8.36. The first kappa shape index (κ1) is 20.5. The molecule has 0 fully saturated rings. The van der Waals surface area contributed by atoms with Gasteiger partial charge in [-0.2, -0.15) is 0 Å². The molecule has 1 aromatic carbocycles. The van der Waals surface area contributed by atoms with Crippen molar-refractivity contribution in [3.05, 3.63) is 60.7 Å². The molecular weight excluding hydrogens is 370 g/mol. The fourth-order valence-corrected chi connectivity index (χ4v) is 2.58. The van der Waals surface area contributed by atoms with Crippen LogP contribution in [0.25, 0.3) is 5.69 Å². The number of nitrogens with one attached hydrogen (secondary N) is 1. The van der Waals surface area contributed by atoms with E-state index in [-0.39, 0.29) is 11.3 Å². The summed E-state index contributed by atoms with van der Waals surface area (Å²) in [5.74, 6) is 1.000. The number of benzene rings is 1. The Morgan fingerprint density at radius 3 is 2.52 bits per heavy atom. The summed E-state index contributed by atoms with van der Waals surface area (Å²) >= 11 is 0. The van der Waals surface area contributed by atoms with Crippen molar-refractivity contribution in [1.82, 2.24) is 19.5 Å². The van der Waals surface area contributed by atoms with E-state index < -0.39 is 0 Å². The fourth-order valence-electron chi connectivity index (χ4n) is 2.58. The third-order valence-electron chi connectivity index (χ3n) is 4.09. The van der Waals surface area contributed by atoms with E-state index in [1.165, 1.54) is 0 Å². The summed E-state index contributed by atoms with van der Waals surface area (Å²) in [4.78, 5) is 25.6. The molecule has 1 N–H and O–H groups in total. The van der Waals surface area contributed by atoms with Crippen LogP contribution in [0.4, 0.5) is 5.69 Å². The molecule has 0 atom stereocenters. The van der Waals surface area contributed by atoms with Crippen LogP contribution >= 0.6 is 0 Å². The molecule has 2 heterocycles. The highest BCUT2D eigenvalue weighted by Crippen LogP contribution is 2.22. The van der Waals surface area contributed by atoms with E-state index in [1.807, 2.05) is 26.8 Å². The maximum atomic E-state index is 12.8. The van der Waals surface area contributed by atoms with Gasteiger partial charge >= 0.3 is 0 Å². The Balaban J connectivity index is 1.83. The predicted octanol–water partition coefficient (Wildman–Crippen LogP) is 3.24. The van der Waals surface area contributed by atoms with Crippen LogP contribution in [-0.2, 0) is 10.2 Å². The van der Waals surface area contributed by atoms with Crippen molar-refractivity contribution in [1.29, 1.82) is 0 Å². The Morgan fingerprint density at radius 1 is 1.14 bits per heavy atom. The molecule has 29 heavy (non-hydrogen) atoms. The highest BCUT2D eigenvalue weighted by molar-refractivity contribution is 6.04. The number of nitrogens with zero attached hydrogens (tertiary/aromatic N) is 4. The summed E-state index contributed by atoms with van der Waals surface area (Å²) in [5, 5.41) is 2.83. The number of aromatic nitrogens is 4. The zero-order valence-electron chi connectivity index (χ0n) is 17.0. The summed E-state index contributed by atoms with van der Waals surface area (Å²) in [5.41, 5.74) is 1.58. The van der Waals surface area contributed by atoms with Crippen molar-refractivity contribution in [2.45, 2.75) is 26.2 Å². The molecule has 0 unspecified atom stereocenters. The highest BCUT2D eigenvalue weighted by Gasteiger charge is 2.17. The minimum absolute atomic E-state index is 0.157. The molecular formula is C21H25N5O3. The average Bonchev–Trinajstić information content (AvgIpc) is 3.22. The Kier molecular flexibility index (Phi) is 6.23. The van der Waals surface area contributed by atoms with Crippen LogP contribution in [0, 0.1) is 0 Å². The molecule has 2 aromatic heterocycles. The Hall–Kier alpha value is -3.26. The van der Waals surface area contributed by atoms with Crippen LogP contribution in [0.3, 0.4) is 0 Å². The number of amides is 1. The van der Waals surface area contributed by atoms with E-state index in [2.05, 4.69) is 20.3 Å². The van der Waals surface area contributed by atoms with Gasteiger partial charge in [0.25, 0.3) is 5.91 Å². The minimum Gasteiger partial charge on any atom is -0.491 e. The Bertz CT molecular complexity index is 947. The van der Waals surface area contributed by atoms with Gasteiger partial charge in [0.05, 0.1) is 36.7 Å². The monoisotopic (exact) mass is 395 g/mol. The topological polar surface area (TPSA) is 91.2 Å². The van der Waals surface area contributed by atoms with Gasteiger partial charge in [-0.15, -0.1) is 0 Å². The van der Waals surface area contributed by atoms with E-state index in [0.29, 0.717) is 36.0 Å². The van der Waals surface area contributed by atoms with Crippen LogP contribution in [0.1, 0.15) is 37.0 Å². The normalized spacial score (nSPS) is 11.3. The van der Waals surface area contributed by atoms with Crippen LogP contribution < -0.4 is 10.1 Å². The first-order valence-electron chi connectivity index (χ1n) is 9.26. The van der Waals surface area contributed by atoms with Gasteiger partial charge in [-0.25, -0.2) is 15.0 Å². The van der Waals surface area contributed by atoms with Crippen LogP contribution in [0.2, 0.25) is 0 Å². The molecule has 0 bridgehead atoms. The van der Waals surface area contributed by atoms with Crippen molar-refractivity contribution in [2.75, 3.05) is 25.6 Å². The molecule has 0 aliphatic heterocycles. The van der Waals surface area contributed by atoms with Crippen molar-refractivity contribution in [2.24, 2.45) is 0 Å². The molecule has 3 aromatic rings. The predicted molar refractivity (Wildman–Crippen MR) is 110 cm³/mol. The minimum atomic E-state index is -0.282. The number of carbonyl (C=O) groups is 1. The lowest BCUT2D eigenvalue weighted by Gasteiger charge is -2.16. The van der Waals surface area contributed by atoms with Gasteiger partial charge < -0.3 is 19.4 Å². The highest BCUT2D eigenvalue weighted by atomic mass is 16.5. The third kappa shape index (κ3) is 5.39. The third-order valence-corrected chi connectivity index (χ3v) is 4.09. The molecule has 0 radical (unpaired) electrons. The molecule has 1 amide bonds. The number of imidazole rings is 1. The molecule has 0 saturated carbocycles. The molecule has 0 aliphatic rings. The maximum Gasteiger partial charge on any atom is 0.255 e. The zero-order chi connectivity index (χ0) is 20.9. The van der Waals surface area contributed by atoms with Crippen molar-refractivity contribution >= 4 is 11.6 Å². The lowest BCUT2D eigenvalue weighted by molar-refractivity contribution is 0.102. The Morgan fingerprint density at radius 2 is 1.90 bits per heavy atom. The average molecular weight is 395 g/mol. The lowest BCUT2D eigenvalue weighted by atomic mass is 9.96. The van der Waals surface area contributed by atoms with Crippen molar-refractivity contribution < 1.29 is 14.3 Å². The lowest BCUT2D eigenvalue weighted by Crippen LogP contribution is -2.17. The summed E-state index contributed by atoms with van der Waals surface area (Å²) in [7, 11) is 1.61. The van der Waals surface area contributed by atoms with Gasteiger partial charge in [-0.3, -0.25) is 4.79 Å². The van der Waals surface area contributed by atoms with E-state index in [1.54, 1.807) is 54.9 Å². The number of hydrogen-bond acceptors (Lipinski definition) is 6. The number of rotatable bonds is 7. The number of hydrogen-bond donors (Lipinski definition) is 1. The van der Waals surface area contributed by atoms with Crippen LogP contribution in [0.5, 0.6) is 5.75 Å².